The van der Waals surface area contributed by atoms with Gasteiger partial charge in [-0.15, -0.1) is 0 Å². The predicted molar refractivity (Wildman–Crippen MR) is 59.3 cm³/mol. The summed E-state index contributed by atoms with van der Waals surface area (Å²) in [6, 6.07) is 4.57. The summed E-state index contributed by atoms with van der Waals surface area (Å²) in [5, 5.41) is 3.36. The van der Waals surface area contributed by atoms with Gasteiger partial charge < -0.3 is 5.32 Å². The summed E-state index contributed by atoms with van der Waals surface area (Å²) in [7, 11) is 0. The topological polar surface area (TPSA) is 12.0 Å². The first-order valence-corrected chi connectivity index (χ1v) is 4.87. The second-order valence-electron chi connectivity index (χ2n) is 3.08. The molecule has 1 aromatic carbocycles. The van der Waals surface area contributed by atoms with Crippen LogP contribution >= 0.6 is 11.6 Å². The second kappa shape index (κ2) is 5.01. The van der Waals surface area contributed by atoms with Gasteiger partial charge in [0.15, 0.2) is 0 Å². The number of rotatable bonds is 4. The van der Waals surface area contributed by atoms with Gasteiger partial charge in [-0.25, -0.2) is 4.39 Å². The van der Waals surface area contributed by atoms with Gasteiger partial charge in [0.2, 0.25) is 0 Å². The maximum absolute atomic E-state index is 13.2. The Labute approximate surface area is 88.6 Å². The lowest BCUT2D eigenvalue weighted by Gasteiger charge is -2.08. The Morgan fingerprint density at radius 2 is 2.29 bits per heavy atom. The molecule has 0 fully saturated rings. The van der Waals surface area contributed by atoms with Crippen LogP contribution in [0.2, 0.25) is 5.02 Å². The number of hydrogen-bond donors (Lipinski definition) is 1. The average molecular weight is 214 g/mol. The van der Waals surface area contributed by atoms with E-state index in [1.807, 2.05) is 6.92 Å². The van der Waals surface area contributed by atoms with E-state index in [4.69, 9.17) is 11.6 Å². The van der Waals surface area contributed by atoms with Crippen LogP contribution in [0.5, 0.6) is 0 Å². The van der Waals surface area contributed by atoms with E-state index in [1.54, 1.807) is 12.1 Å². The van der Waals surface area contributed by atoms with E-state index in [-0.39, 0.29) is 5.82 Å². The van der Waals surface area contributed by atoms with Gasteiger partial charge in [0.25, 0.3) is 0 Å². The summed E-state index contributed by atoms with van der Waals surface area (Å²) in [4.78, 5) is 0. The quantitative estimate of drug-likeness (QED) is 0.749. The van der Waals surface area contributed by atoms with Gasteiger partial charge in [-0.05, 0) is 24.6 Å². The van der Waals surface area contributed by atoms with Crippen molar-refractivity contribution in [2.75, 3.05) is 11.9 Å². The van der Waals surface area contributed by atoms with Gasteiger partial charge in [0.05, 0.1) is 5.69 Å². The van der Waals surface area contributed by atoms with Gasteiger partial charge in [0, 0.05) is 11.6 Å². The van der Waals surface area contributed by atoms with Gasteiger partial charge >= 0.3 is 0 Å². The van der Waals surface area contributed by atoms with Crippen molar-refractivity contribution in [3.8, 4) is 0 Å². The molecule has 0 saturated heterocycles. The lowest BCUT2D eigenvalue weighted by Crippen LogP contribution is -2.04. The second-order valence-corrected chi connectivity index (χ2v) is 3.52. The van der Waals surface area contributed by atoms with Crippen LogP contribution in [0.25, 0.3) is 0 Å². The molecule has 76 valence electrons. The van der Waals surface area contributed by atoms with Crippen molar-refractivity contribution in [2.45, 2.75) is 13.3 Å². The van der Waals surface area contributed by atoms with Crippen LogP contribution in [0.15, 0.2) is 30.4 Å². The van der Waals surface area contributed by atoms with E-state index in [0.29, 0.717) is 17.3 Å². The summed E-state index contributed by atoms with van der Waals surface area (Å²) in [6.07, 6.45) is 0.891. The van der Waals surface area contributed by atoms with Crippen LogP contribution in [-0.2, 0) is 0 Å². The van der Waals surface area contributed by atoms with Gasteiger partial charge in [0.1, 0.15) is 5.82 Å². The Morgan fingerprint density at radius 1 is 1.57 bits per heavy atom. The van der Waals surface area contributed by atoms with E-state index in [2.05, 4.69) is 11.9 Å². The molecule has 3 heteroatoms. The van der Waals surface area contributed by atoms with E-state index < -0.39 is 0 Å². The summed E-state index contributed by atoms with van der Waals surface area (Å²) in [6.45, 7) is 6.43. The molecule has 0 aliphatic heterocycles. The van der Waals surface area contributed by atoms with Gasteiger partial charge in [-0.2, -0.15) is 0 Å². The van der Waals surface area contributed by atoms with Crippen molar-refractivity contribution in [1.82, 2.24) is 0 Å². The van der Waals surface area contributed by atoms with Crippen LogP contribution in [0.1, 0.15) is 13.3 Å². The molecule has 1 N–H and O–H groups in total. The molecule has 0 aromatic heterocycles. The molecule has 0 heterocycles. The molecule has 0 saturated carbocycles. The highest BCUT2D eigenvalue weighted by molar-refractivity contribution is 6.30. The summed E-state index contributed by atoms with van der Waals surface area (Å²) in [5.74, 6) is -0.332. The third kappa shape index (κ3) is 3.04. The standard InChI is InChI=1S/C11H13ClFN/c1-3-8(2)7-14-11-5-4-9(12)6-10(11)13/h4-6,14H,2-3,7H2,1H3. The van der Waals surface area contributed by atoms with Crippen LogP contribution in [0.4, 0.5) is 10.1 Å². The molecule has 14 heavy (non-hydrogen) atoms. The van der Waals surface area contributed by atoms with Crippen molar-refractivity contribution in [3.05, 3.63) is 41.2 Å². The number of hydrogen-bond acceptors (Lipinski definition) is 1. The largest absolute Gasteiger partial charge is 0.379 e. The Hall–Kier alpha value is -1.02. The molecule has 0 atom stereocenters. The van der Waals surface area contributed by atoms with Crippen molar-refractivity contribution in [1.29, 1.82) is 0 Å². The lowest BCUT2D eigenvalue weighted by molar-refractivity contribution is 0.630. The minimum absolute atomic E-state index is 0.332. The molecule has 0 spiro atoms. The average Bonchev–Trinajstić information content (AvgIpc) is 2.16. The van der Waals surface area contributed by atoms with E-state index in [1.165, 1.54) is 6.07 Å². The predicted octanol–water partition coefficient (Wildman–Crippen LogP) is 3.86. The fraction of sp³-hybridized carbons (Fsp3) is 0.273. The number of nitrogens with one attached hydrogen (secondary N) is 1. The van der Waals surface area contributed by atoms with E-state index in [0.717, 1.165) is 12.0 Å². The zero-order chi connectivity index (χ0) is 10.6. The van der Waals surface area contributed by atoms with E-state index >= 15 is 0 Å². The maximum atomic E-state index is 13.2. The summed E-state index contributed by atoms with van der Waals surface area (Å²) < 4.78 is 13.2. The van der Waals surface area contributed by atoms with Crippen molar-refractivity contribution >= 4 is 17.3 Å². The molecule has 0 amide bonds. The SMILES string of the molecule is C=C(CC)CNc1ccc(Cl)cc1F. The third-order valence-corrected chi connectivity index (χ3v) is 2.20. The first-order valence-electron chi connectivity index (χ1n) is 4.49. The summed E-state index contributed by atoms with van der Waals surface area (Å²) >= 11 is 5.62. The maximum Gasteiger partial charge on any atom is 0.147 e. The van der Waals surface area contributed by atoms with Crippen molar-refractivity contribution in [2.24, 2.45) is 0 Å². The molecule has 1 nitrogen and oxygen atoms in total. The third-order valence-electron chi connectivity index (χ3n) is 1.96. The molecule has 0 aliphatic carbocycles. The van der Waals surface area contributed by atoms with E-state index in [9.17, 15) is 4.39 Å². The van der Waals surface area contributed by atoms with Crippen molar-refractivity contribution in [3.63, 3.8) is 0 Å². The smallest absolute Gasteiger partial charge is 0.147 e. The highest BCUT2D eigenvalue weighted by atomic mass is 35.5. The Bertz CT molecular complexity index is 336. The molecule has 1 rings (SSSR count). The molecule has 0 aliphatic rings. The molecular weight excluding hydrogens is 201 g/mol. The Balaban J connectivity index is 2.63. The fourth-order valence-corrected chi connectivity index (χ4v) is 1.14. The first-order chi connectivity index (χ1) is 6.63. The molecule has 0 radical (unpaired) electrons. The highest BCUT2D eigenvalue weighted by Gasteiger charge is 2.01. The Morgan fingerprint density at radius 3 is 2.86 bits per heavy atom. The van der Waals surface area contributed by atoms with Gasteiger partial charge in [-0.3, -0.25) is 0 Å². The number of benzene rings is 1. The molecular formula is C11H13ClFN. The van der Waals surface area contributed by atoms with Crippen LogP contribution in [0, 0.1) is 5.82 Å². The van der Waals surface area contributed by atoms with Crippen LogP contribution in [-0.4, -0.2) is 6.54 Å². The minimum atomic E-state index is -0.332. The summed E-state index contributed by atoms with van der Waals surface area (Å²) in [5.41, 5.74) is 1.50. The molecule has 0 unspecified atom stereocenters. The van der Waals surface area contributed by atoms with Gasteiger partial charge in [-0.1, -0.05) is 30.7 Å². The fourth-order valence-electron chi connectivity index (χ4n) is 0.978. The minimum Gasteiger partial charge on any atom is -0.379 e. The first kappa shape index (κ1) is 11.1. The molecule has 0 bridgehead atoms. The number of halogens is 2. The zero-order valence-electron chi connectivity index (χ0n) is 8.11. The Kier molecular flexibility index (Phi) is 3.96. The molecule has 1 aromatic rings. The van der Waals surface area contributed by atoms with Crippen LogP contribution in [0.3, 0.4) is 0 Å². The number of anilines is 1. The highest BCUT2D eigenvalue weighted by Crippen LogP contribution is 2.18. The van der Waals surface area contributed by atoms with Crippen LogP contribution < -0.4 is 5.32 Å². The lowest BCUT2D eigenvalue weighted by atomic mass is 10.2. The normalized spacial score (nSPS) is 9.93. The zero-order valence-corrected chi connectivity index (χ0v) is 8.87. The van der Waals surface area contributed by atoms with Crippen molar-refractivity contribution < 1.29 is 4.39 Å². The monoisotopic (exact) mass is 213 g/mol.